The number of carbonyl (C=O) groups is 1. The highest BCUT2D eigenvalue weighted by atomic mass is 79.9. The second-order valence-electron chi connectivity index (χ2n) is 4.99. The van der Waals surface area contributed by atoms with Crippen LogP contribution in [0.1, 0.15) is 12.5 Å². The van der Waals surface area contributed by atoms with Crippen molar-refractivity contribution >= 4 is 27.5 Å². The van der Waals surface area contributed by atoms with Gasteiger partial charge in [-0.1, -0.05) is 19.1 Å². The molecule has 0 fully saturated rings. The Bertz CT molecular complexity index is 594. The predicted octanol–water partition coefficient (Wildman–Crippen LogP) is 2.42. The van der Waals surface area contributed by atoms with Crippen LogP contribution in [0, 0.1) is 5.92 Å². The van der Waals surface area contributed by atoms with Gasteiger partial charge in [-0.05, 0) is 40.0 Å². The molecule has 2 rings (SSSR count). The van der Waals surface area contributed by atoms with Crippen molar-refractivity contribution in [2.75, 3.05) is 11.9 Å². The van der Waals surface area contributed by atoms with E-state index in [1.807, 2.05) is 42.1 Å². The van der Waals surface area contributed by atoms with Crippen molar-refractivity contribution < 1.29 is 4.79 Å². The summed E-state index contributed by atoms with van der Waals surface area (Å²) in [6.45, 7) is 2.98. The minimum atomic E-state index is -0.178. The third-order valence-electron chi connectivity index (χ3n) is 3.25. The van der Waals surface area contributed by atoms with Crippen LogP contribution < -0.4 is 11.1 Å². The van der Waals surface area contributed by atoms with E-state index in [4.69, 9.17) is 5.73 Å². The van der Waals surface area contributed by atoms with Crippen LogP contribution in [0.3, 0.4) is 0 Å². The second-order valence-corrected chi connectivity index (χ2v) is 5.91. The Morgan fingerprint density at radius 1 is 1.43 bits per heavy atom. The van der Waals surface area contributed by atoms with Crippen molar-refractivity contribution in [3.05, 3.63) is 46.7 Å². The predicted molar refractivity (Wildman–Crippen MR) is 86.9 cm³/mol. The fourth-order valence-electron chi connectivity index (χ4n) is 1.83. The lowest BCUT2D eigenvalue weighted by atomic mass is 10.1. The molecule has 0 aliphatic carbocycles. The zero-order chi connectivity index (χ0) is 15.2. The molecule has 1 heterocycles. The Morgan fingerprint density at radius 2 is 2.14 bits per heavy atom. The summed E-state index contributed by atoms with van der Waals surface area (Å²) >= 11 is 3.38. The van der Waals surface area contributed by atoms with Crippen LogP contribution in [0.25, 0.3) is 0 Å². The minimum Gasteiger partial charge on any atom is -0.330 e. The Kier molecular flexibility index (Phi) is 5.52. The van der Waals surface area contributed by atoms with Crippen LogP contribution in [-0.4, -0.2) is 22.2 Å². The number of aryl methyl sites for hydroxylation is 2. The van der Waals surface area contributed by atoms with Gasteiger partial charge in [-0.25, -0.2) is 0 Å². The Morgan fingerprint density at radius 3 is 2.71 bits per heavy atom. The molecule has 5 nitrogen and oxygen atoms in total. The summed E-state index contributed by atoms with van der Waals surface area (Å²) in [6, 6.07) is 7.85. The normalized spacial score (nSPS) is 12.1. The molecule has 2 aromatic rings. The van der Waals surface area contributed by atoms with Crippen molar-refractivity contribution in [1.82, 2.24) is 9.78 Å². The smallest absolute Gasteiger partial charge is 0.228 e. The summed E-state index contributed by atoms with van der Waals surface area (Å²) in [5.41, 5.74) is 7.47. The van der Waals surface area contributed by atoms with E-state index < -0.39 is 0 Å². The number of nitrogens with zero attached hydrogens (tertiary/aromatic N) is 2. The third-order valence-corrected chi connectivity index (χ3v) is 3.66. The fraction of sp³-hybridized carbons (Fsp3) is 0.333. The highest BCUT2D eigenvalue weighted by molar-refractivity contribution is 9.10. The highest BCUT2D eigenvalue weighted by Crippen LogP contribution is 2.12. The zero-order valence-electron chi connectivity index (χ0n) is 11.9. The maximum absolute atomic E-state index is 11.7. The van der Waals surface area contributed by atoms with Crippen LogP contribution in [-0.2, 0) is 17.8 Å². The first kappa shape index (κ1) is 15.7. The molecular weight excluding hydrogens is 332 g/mol. The molecule has 112 valence electrons. The first-order valence-electron chi connectivity index (χ1n) is 6.86. The van der Waals surface area contributed by atoms with Gasteiger partial charge in [0.1, 0.15) is 0 Å². The molecule has 0 saturated carbocycles. The van der Waals surface area contributed by atoms with Crippen LogP contribution in [0.4, 0.5) is 5.69 Å². The fourth-order valence-corrected chi connectivity index (χ4v) is 2.16. The summed E-state index contributed by atoms with van der Waals surface area (Å²) < 4.78 is 2.87. The minimum absolute atomic E-state index is 0.0494. The lowest BCUT2D eigenvalue weighted by molar-refractivity contribution is -0.119. The average molecular weight is 351 g/mol. The van der Waals surface area contributed by atoms with E-state index in [0.717, 1.165) is 23.1 Å². The van der Waals surface area contributed by atoms with Crippen molar-refractivity contribution in [3.63, 3.8) is 0 Å². The molecule has 0 radical (unpaired) electrons. The molecular formula is C15H19BrN4O. The van der Waals surface area contributed by atoms with Gasteiger partial charge >= 0.3 is 0 Å². The number of carbonyl (C=O) groups excluding carboxylic acids is 1. The molecule has 0 aliphatic heterocycles. The van der Waals surface area contributed by atoms with Crippen LogP contribution in [0.2, 0.25) is 0 Å². The lowest BCUT2D eigenvalue weighted by Crippen LogP contribution is -2.26. The van der Waals surface area contributed by atoms with Gasteiger partial charge in [0.2, 0.25) is 5.91 Å². The highest BCUT2D eigenvalue weighted by Gasteiger charge is 2.10. The van der Waals surface area contributed by atoms with E-state index in [-0.39, 0.29) is 11.8 Å². The number of hydrogen-bond donors (Lipinski definition) is 2. The van der Waals surface area contributed by atoms with Gasteiger partial charge in [0.15, 0.2) is 0 Å². The first-order chi connectivity index (χ1) is 10.1. The number of hydrogen-bond acceptors (Lipinski definition) is 3. The van der Waals surface area contributed by atoms with Crippen LogP contribution in [0.15, 0.2) is 41.1 Å². The molecule has 6 heteroatoms. The van der Waals surface area contributed by atoms with E-state index in [0.29, 0.717) is 6.54 Å². The van der Waals surface area contributed by atoms with Crippen molar-refractivity contribution in [3.8, 4) is 0 Å². The largest absolute Gasteiger partial charge is 0.330 e. The number of halogens is 1. The summed E-state index contributed by atoms with van der Waals surface area (Å²) in [7, 11) is 0. The number of benzene rings is 1. The summed E-state index contributed by atoms with van der Waals surface area (Å²) in [5.74, 6) is -0.227. The van der Waals surface area contributed by atoms with Crippen molar-refractivity contribution in [1.29, 1.82) is 0 Å². The summed E-state index contributed by atoms with van der Waals surface area (Å²) in [4.78, 5) is 11.7. The number of anilines is 1. The molecule has 0 aliphatic rings. The van der Waals surface area contributed by atoms with Crippen LogP contribution in [0.5, 0.6) is 0 Å². The van der Waals surface area contributed by atoms with Gasteiger partial charge in [0, 0.05) is 30.9 Å². The van der Waals surface area contributed by atoms with E-state index in [2.05, 4.69) is 26.3 Å². The quantitative estimate of drug-likeness (QED) is 0.840. The van der Waals surface area contributed by atoms with Crippen LogP contribution >= 0.6 is 15.9 Å². The number of nitrogens with two attached hydrogens (primary N) is 1. The molecule has 1 atom stereocenters. The Labute approximate surface area is 132 Å². The molecule has 1 aromatic heterocycles. The van der Waals surface area contributed by atoms with Gasteiger partial charge < -0.3 is 11.1 Å². The average Bonchev–Trinajstić information content (AvgIpc) is 2.91. The number of nitrogens with one attached hydrogen (secondary N) is 1. The third kappa shape index (κ3) is 4.68. The molecule has 0 spiro atoms. The second kappa shape index (κ2) is 7.38. The number of aromatic nitrogens is 2. The van der Waals surface area contributed by atoms with Gasteiger partial charge in [-0.15, -0.1) is 0 Å². The molecule has 0 saturated heterocycles. The standard InChI is InChI=1S/C15H19BrN4O/c1-11(8-17)15(21)19-14-4-2-12(3-5-14)6-7-20-10-13(16)9-18-20/h2-5,9-11H,6-8,17H2,1H3,(H,19,21). The molecule has 3 N–H and O–H groups in total. The number of rotatable bonds is 6. The lowest BCUT2D eigenvalue weighted by Gasteiger charge is -2.10. The molecule has 1 unspecified atom stereocenters. The van der Waals surface area contributed by atoms with Crippen molar-refractivity contribution in [2.24, 2.45) is 11.7 Å². The zero-order valence-corrected chi connectivity index (χ0v) is 13.5. The maximum Gasteiger partial charge on any atom is 0.228 e. The SMILES string of the molecule is CC(CN)C(=O)Nc1ccc(CCn2cc(Br)cn2)cc1. The Balaban J connectivity index is 1.88. The van der Waals surface area contributed by atoms with E-state index >= 15 is 0 Å². The van der Waals surface area contributed by atoms with Gasteiger partial charge in [-0.2, -0.15) is 5.10 Å². The summed E-state index contributed by atoms with van der Waals surface area (Å²) in [6.07, 6.45) is 4.61. The van der Waals surface area contributed by atoms with E-state index in [9.17, 15) is 4.79 Å². The van der Waals surface area contributed by atoms with Gasteiger partial charge in [0.25, 0.3) is 0 Å². The number of amides is 1. The Hall–Kier alpha value is -1.66. The van der Waals surface area contributed by atoms with E-state index in [1.165, 1.54) is 5.56 Å². The molecule has 0 bridgehead atoms. The summed E-state index contributed by atoms with van der Waals surface area (Å²) in [5, 5.41) is 7.07. The molecule has 1 amide bonds. The van der Waals surface area contributed by atoms with Gasteiger partial charge in [0.05, 0.1) is 10.7 Å². The monoisotopic (exact) mass is 350 g/mol. The van der Waals surface area contributed by atoms with Gasteiger partial charge in [-0.3, -0.25) is 9.48 Å². The van der Waals surface area contributed by atoms with Crippen molar-refractivity contribution in [2.45, 2.75) is 19.9 Å². The van der Waals surface area contributed by atoms with E-state index in [1.54, 1.807) is 6.20 Å². The first-order valence-corrected chi connectivity index (χ1v) is 7.65. The molecule has 21 heavy (non-hydrogen) atoms. The molecule has 1 aromatic carbocycles. The topological polar surface area (TPSA) is 72.9 Å². The maximum atomic E-state index is 11.7.